The largest absolute Gasteiger partial charge is 0.439 e. The Hall–Kier alpha value is -1.58. The van der Waals surface area contributed by atoms with E-state index in [-0.39, 0.29) is 0 Å². The summed E-state index contributed by atoms with van der Waals surface area (Å²) in [4.78, 5) is 4.51. The molecule has 1 aromatic heterocycles. The van der Waals surface area contributed by atoms with Crippen LogP contribution in [0.15, 0.2) is 24.3 Å². The first-order chi connectivity index (χ1) is 10.0. The standard InChI is InChI=1S/C17H21ClN2O/c1-5-19-10-14-6-7-16(20-13(14)4)21-15-8-11(2)17(18)12(3)9-15/h6-9,19H,5,10H2,1-4H3. The molecule has 0 radical (unpaired) electrons. The summed E-state index contributed by atoms with van der Waals surface area (Å²) in [5.74, 6) is 1.37. The van der Waals surface area contributed by atoms with Crippen LogP contribution in [0.2, 0.25) is 5.02 Å². The molecule has 2 rings (SSSR count). The van der Waals surface area contributed by atoms with Crippen LogP contribution in [0.5, 0.6) is 11.6 Å². The number of aromatic nitrogens is 1. The molecule has 1 heterocycles. The molecule has 2 aromatic rings. The lowest BCUT2D eigenvalue weighted by molar-refractivity contribution is 0.460. The summed E-state index contributed by atoms with van der Waals surface area (Å²) in [6, 6.07) is 7.81. The van der Waals surface area contributed by atoms with Crippen LogP contribution in [-0.2, 0) is 6.54 Å². The maximum absolute atomic E-state index is 6.17. The number of nitrogens with zero attached hydrogens (tertiary/aromatic N) is 1. The maximum atomic E-state index is 6.17. The average molecular weight is 305 g/mol. The Bertz CT molecular complexity index is 618. The van der Waals surface area contributed by atoms with Crippen molar-refractivity contribution in [2.45, 2.75) is 34.2 Å². The number of pyridine rings is 1. The second-order valence-electron chi connectivity index (χ2n) is 5.15. The number of nitrogens with one attached hydrogen (secondary N) is 1. The van der Waals surface area contributed by atoms with E-state index < -0.39 is 0 Å². The van der Waals surface area contributed by atoms with Gasteiger partial charge in [0.05, 0.1) is 0 Å². The number of ether oxygens (including phenoxy) is 1. The normalized spacial score (nSPS) is 10.7. The molecular formula is C17H21ClN2O. The summed E-state index contributed by atoms with van der Waals surface area (Å²) in [5, 5.41) is 4.08. The molecule has 112 valence electrons. The monoisotopic (exact) mass is 304 g/mol. The molecule has 0 spiro atoms. The second-order valence-corrected chi connectivity index (χ2v) is 5.53. The quantitative estimate of drug-likeness (QED) is 0.879. The van der Waals surface area contributed by atoms with Crippen LogP contribution in [0.25, 0.3) is 0 Å². The predicted octanol–water partition coefficient (Wildman–Crippen LogP) is 4.56. The van der Waals surface area contributed by atoms with Gasteiger partial charge < -0.3 is 10.1 Å². The number of hydrogen-bond acceptors (Lipinski definition) is 3. The van der Waals surface area contributed by atoms with Crippen molar-refractivity contribution in [3.8, 4) is 11.6 Å². The van der Waals surface area contributed by atoms with Gasteiger partial charge in [0.2, 0.25) is 5.88 Å². The van der Waals surface area contributed by atoms with Gasteiger partial charge in [0.15, 0.2) is 0 Å². The van der Waals surface area contributed by atoms with Crippen LogP contribution in [0.1, 0.15) is 29.3 Å². The molecule has 0 amide bonds. The van der Waals surface area contributed by atoms with Crippen LogP contribution in [0.4, 0.5) is 0 Å². The third-order valence-corrected chi connectivity index (χ3v) is 3.96. The van der Waals surface area contributed by atoms with Gasteiger partial charge in [-0.3, -0.25) is 0 Å². The maximum Gasteiger partial charge on any atom is 0.219 e. The Labute approximate surface area is 131 Å². The van der Waals surface area contributed by atoms with Crippen molar-refractivity contribution < 1.29 is 4.74 Å². The van der Waals surface area contributed by atoms with Gasteiger partial charge in [-0.25, -0.2) is 4.98 Å². The first kappa shape index (κ1) is 15.8. The Morgan fingerprint density at radius 3 is 2.38 bits per heavy atom. The van der Waals surface area contributed by atoms with Crippen molar-refractivity contribution in [1.29, 1.82) is 0 Å². The molecule has 0 saturated heterocycles. The van der Waals surface area contributed by atoms with Crippen molar-refractivity contribution in [3.05, 3.63) is 51.7 Å². The lowest BCUT2D eigenvalue weighted by atomic mass is 10.1. The summed E-state index contributed by atoms with van der Waals surface area (Å²) in [7, 11) is 0. The summed E-state index contributed by atoms with van der Waals surface area (Å²) in [6.07, 6.45) is 0. The van der Waals surface area contributed by atoms with Crippen molar-refractivity contribution in [2.75, 3.05) is 6.54 Å². The zero-order valence-corrected chi connectivity index (χ0v) is 13.7. The zero-order valence-electron chi connectivity index (χ0n) is 13.0. The molecule has 4 heteroatoms. The lowest BCUT2D eigenvalue weighted by Gasteiger charge is -2.11. The Kier molecular flexibility index (Phi) is 5.21. The average Bonchev–Trinajstić information content (AvgIpc) is 2.44. The van der Waals surface area contributed by atoms with Gasteiger partial charge in [0.1, 0.15) is 5.75 Å². The fraction of sp³-hybridized carbons (Fsp3) is 0.353. The molecule has 0 aliphatic heterocycles. The van der Waals surface area contributed by atoms with Gasteiger partial charge in [-0.05, 0) is 56.1 Å². The Balaban J connectivity index is 2.18. The van der Waals surface area contributed by atoms with Gasteiger partial charge in [-0.1, -0.05) is 24.6 Å². The fourth-order valence-corrected chi connectivity index (χ4v) is 2.27. The highest BCUT2D eigenvalue weighted by molar-refractivity contribution is 6.32. The van der Waals surface area contributed by atoms with Gasteiger partial charge in [0, 0.05) is 23.3 Å². The van der Waals surface area contributed by atoms with E-state index in [9.17, 15) is 0 Å². The van der Waals surface area contributed by atoms with Gasteiger partial charge >= 0.3 is 0 Å². The van der Waals surface area contributed by atoms with E-state index in [2.05, 4.69) is 23.3 Å². The molecule has 0 bridgehead atoms. The van der Waals surface area contributed by atoms with Crippen molar-refractivity contribution >= 4 is 11.6 Å². The molecule has 1 N–H and O–H groups in total. The highest BCUT2D eigenvalue weighted by atomic mass is 35.5. The Morgan fingerprint density at radius 1 is 1.14 bits per heavy atom. The molecule has 0 saturated carbocycles. The van der Waals surface area contributed by atoms with Gasteiger partial charge in [-0.15, -0.1) is 0 Å². The minimum Gasteiger partial charge on any atom is -0.439 e. The smallest absolute Gasteiger partial charge is 0.219 e. The highest BCUT2D eigenvalue weighted by Gasteiger charge is 2.07. The summed E-state index contributed by atoms with van der Waals surface area (Å²) >= 11 is 6.17. The third kappa shape index (κ3) is 3.96. The van der Waals surface area contributed by atoms with E-state index >= 15 is 0 Å². The van der Waals surface area contributed by atoms with Crippen LogP contribution >= 0.6 is 11.6 Å². The molecular weight excluding hydrogens is 284 g/mol. The summed E-state index contributed by atoms with van der Waals surface area (Å²) in [6.45, 7) is 9.81. The first-order valence-corrected chi connectivity index (χ1v) is 7.51. The van der Waals surface area contributed by atoms with Crippen LogP contribution < -0.4 is 10.1 Å². The summed E-state index contributed by atoms with van der Waals surface area (Å²) < 4.78 is 5.85. The van der Waals surface area contributed by atoms with Crippen molar-refractivity contribution in [1.82, 2.24) is 10.3 Å². The SMILES string of the molecule is CCNCc1ccc(Oc2cc(C)c(Cl)c(C)c2)nc1C. The number of hydrogen-bond donors (Lipinski definition) is 1. The van der Waals surface area contributed by atoms with E-state index in [0.29, 0.717) is 5.88 Å². The zero-order chi connectivity index (χ0) is 15.4. The van der Waals surface area contributed by atoms with Gasteiger partial charge in [0.25, 0.3) is 0 Å². The molecule has 0 fully saturated rings. The van der Waals surface area contributed by atoms with Gasteiger partial charge in [-0.2, -0.15) is 0 Å². The number of rotatable bonds is 5. The van der Waals surface area contributed by atoms with Crippen LogP contribution in [0.3, 0.4) is 0 Å². The van der Waals surface area contributed by atoms with E-state index in [4.69, 9.17) is 16.3 Å². The van der Waals surface area contributed by atoms with E-state index in [1.807, 2.05) is 39.0 Å². The van der Waals surface area contributed by atoms with E-state index in [1.54, 1.807) is 0 Å². The number of benzene rings is 1. The van der Waals surface area contributed by atoms with Crippen molar-refractivity contribution in [3.63, 3.8) is 0 Å². The molecule has 21 heavy (non-hydrogen) atoms. The van der Waals surface area contributed by atoms with Crippen molar-refractivity contribution in [2.24, 2.45) is 0 Å². The van der Waals surface area contributed by atoms with E-state index in [0.717, 1.165) is 40.7 Å². The molecule has 1 aromatic carbocycles. The second kappa shape index (κ2) is 6.92. The van der Waals surface area contributed by atoms with Crippen LogP contribution in [0, 0.1) is 20.8 Å². The molecule has 0 unspecified atom stereocenters. The fourth-order valence-electron chi connectivity index (χ4n) is 2.16. The minimum atomic E-state index is 0.605. The third-order valence-electron chi connectivity index (χ3n) is 3.37. The minimum absolute atomic E-state index is 0.605. The number of aryl methyl sites for hydroxylation is 3. The lowest BCUT2D eigenvalue weighted by Crippen LogP contribution is -2.13. The summed E-state index contributed by atoms with van der Waals surface area (Å²) in [5.41, 5.74) is 4.18. The predicted molar refractivity (Wildman–Crippen MR) is 87.4 cm³/mol. The van der Waals surface area contributed by atoms with Crippen LogP contribution in [-0.4, -0.2) is 11.5 Å². The van der Waals surface area contributed by atoms with E-state index in [1.165, 1.54) is 5.56 Å². The Morgan fingerprint density at radius 2 is 1.81 bits per heavy atom. The first-order valence-electron chi connectivity index (χ1n) is 7.13. The topological polar surface area (TPSA) is 34.1 Å². The molecule has 0 aliphatic carbocycles. The molecule has 0 aliphatic rings. The highest BCUT2D eigenvalue weighted by Crippen LogP contribution is 2.28. The molecule has 0 atom stereocenters. The molecule has 3 nitrogen and oxygen atoms in total. The number of halogens is 1.